The molecule has 0 fully saturated rings. The van der Waals surface area contributed by atoms with Gasteiger partial charge in [0.2, 0.25) is 0 Å². The van der Waals surface area contributed by atoms with Crippen LogP contribution in [0.1, 0.15) is 38.4 Å². The average molecular weight is 210 g/mol. The molecule has 1 heterocycles. The van der Waals surface area contributed by atoms with Gasteiger partial charge in [-0.2, -0.15) is 0 Å². The Morgan fingerprint density at radius 1 is 1.53 bits per heavy atom. The maximum absolute atomic E-state index is 5.45. The van der Waals surface area contributed by atoms with Gasteiger partial charge in [-0.05, 0) is 25.7 Å². The molecule has 0 aliphatic rings. The van der Waals surface area contributed by atoms with E-state index in [9.17, 15) is 0 Å². The summed E-state index contributed by atoms with van der Waals surface area (Å²) in [5.74, 6) is 1.76. The largest absolute Gasteiger partial charge is 0.381 e. The number of nitrogens with zero attached hydrogens (tertiary/aromatic N) is 1. The first-order valence-corrected chi connectivity index (χ1v) is 5.51. The normalized spacial score (nSPS) is 13.3. The summed E-state index contributed by atoms with van der Waals surface area (Å²) in [6.45, 7) is 9.61. The average Bonchev–Trinajstić information content (AvgIpc) is 2.69. The molecule has 0 saturated carbocycles. The van der Waals surface area contributed by atoms with Gasteiger partial charge in [-0.15, -0.1) is 0 Å². The Hall–Kier alpha value is -0.830. The molecule has 15 heavy (non-hydrogen) atoms. The summed E-state index contributed by atoms with van der Waals surface area (Å²) in [5.41, 5.74) is 0. The fraction of sp³-hybridized carbons (Fsp3) is 0.667. The van der Waals surface area contributed by atoms with Crippen LogP contribution in [0.5, 0.6) is 0 Å². The fourth-order valence-corrected chi connectivity index (χ4v) is 1.40. The van der Waals surface area contributed by atoms with E-state index in [2.05, 4.69) is 25.9 Å². The lowest BCUT2D eigenvalue weighted by Crippen LogP contribution is -2.04. The Morgan fingerprint density at radius 3 is 2.93 bits per heavy atom. The minimum absolute atomic E-state index is 0.372. The SMILES string of the molecule is [CH2]C(C)COCCCC(C)c1ccno1. The molecular weight excluding hydrogens is 190 g/mol. The Balaban J connectivity index is 2.05. The first-order valence-electron chi connectivity index (χ1n) is 5.51. The third-order valence-electron chi connectivity index (χ3n) is 2.27. The molecule has 1 radical (unpaired) electrons. The maximum atomic E-state index is 5.45. The van der Waals surface area contributed by atoms with Gasteiger partial charge < -0.3 is 9.26 Å². The van der Waals surface area contributed by atoms with Crippen LogP contribution in [-0.2, 0) is 4.74 Å². The monoisotopic (exact) mass is 210 g/mol. The van der Waals surface area contributed by atoms with Crippen molar-refractivity contribution in [1.82, 2.24) is 5.16 Å². The molecule has 1 aromatic rings. The van der Waals surface area contributed by atoms with Crippen LogP contribution in [0.2, 0.25) is 0 Å². The second kappa shape index (κ2) is 6.62. The van der Waals surface area contributed by atoms with Crippen molar-refractivity contribution in [1.29, 1.82) is 0 Å². The lowest BCUT2D eigenvalue weighted by molar-refractivity contribution is 0.111. The molecule has 0 N–H and O–H groups in total. The zero-order chi connectivity index (χ0) is 11.1. The van der Waals surface area contributed by atoms with Crippen LogP contribution in [0.4, 0.5) is 0 Å². The topological polar surface area (TPSA) is 35.3 Å². The number of aromatic nitrogens is 1. The molecule has 3 heteroatoms. The highest BCUT2D eigenvalue weighted by atomic mass is 16.5. The van der Waals surface area contributed by atoms with Gasteiger partial charge in [0.15, 0.2) is 0 Å². The van der Waals surface area contributed by atoms with Crippen LogP contribution in [0.3, 0.4) is 0 Å². The van der Waals surface area contributed by atoms with Crippen molar-refractivity contribution in [3.8, 4) is 0 Å². The number of rotatable bonds is 7. The van der Waals surface area contributed by atoms with Crippen molar-refractivity contribution < 1.29 is 9.26 Å². The molecule has 0 aliphatic heterocycles. The van der Waals surface area contributed by atoms with E-state index < -0.39 is 0 Å². The predicted octanol–water partition coefficient (Wildman–Crippen LogP) is 3.05. The first kappa shape index (κ1) is 12.2. The highest BCUT2D eigenvalue weighted by molar-refractivity contribution is 4.99. The summed E-state index contributed by atoms with van der Waals surface area (Å²) in [6.07, 6.45) is 3.81. The standard InChI is InChI=1S/C12H20NO2/c1-10(2)9-14-8-4-5-11(3)12-6-7-13-15-12/h6-7,10-11H,1,4-5,8-9H2,2-3H3. The molecule has 0 spiro atoms. The molecule has 1 rings (SSSR count). The molecule has 3 nitrogen and oxygen atoms in total. The summed E-state index contributed by atoms with van der Waals surface area (Å²) in [5, 5.41) is 3.70. The van der Waals surface area contributed by atoms with Crippen molar-refractivity contribution in [2.75, 3.05) is 13.2 Å². The second-order valence-electron chi connectivity index (χ2n) is 4.14. The van der Waals surface area contributed by atoms with Crippen LogP contribution >= 0.6 is 0 Å². The summed E-state index contributed by atoms with van der Waals surface area (Å²) in [6, 6.07) is 1.92. The van der Waals surface area contributed by atoms with Crippen molar-refractivity contribution >= 4 is 0 Å². The summed E-state index contributed by atoms with van der Waals surface area (Å²) < 4.78 is 10.5. The summed E-state index contributed by atoms with van der Waals surface area (Å²) in [7, 11) is 0. The Morgan fingerprint density at radius 2 is 2.33 bits per heavy atom. The third-order valence-corrected chi connectivity index (χ3v) is 2.27. The van der Waals surface area contributed by atoms with Gasteiger partial charge in [-0.1, -0.05) is 19.0 Å². The highest BCUT2D eigenvalue weighted by Gasteiger charge is 2.08. The van der Waals surface area contributed by atoms with Crippen molar-refractivity contribution in [2.45, 2.75) is 32.6 Å². The molecule has 0 aliphatic carbocycles. The van der Waals surface area contributed by atoms with Crippen LogP contribution < -0.4 is 0 Å². The van der Waals surface area contributed by atoms with Crippen LogP contribution in [0, 0.1) is 12.8 Å². The van der Waals surface area contributed by atoms with Gasteiger partial charge in [0.05, 0.1) is 6.20 Å². The van der Waals surface area contributed by atoms with Gasteiger partial charge >= 0.3 is 0 Å². The molecule has 1 aromatic heterocycles. The van der Waals surface area contributed by atoms with Gasteiger partial charge in [0.1, 0.15) is 5.76 Å². The molecule has 85 valence electrons. The highest BCUT2D eigenvalue weighted by Crippen LogP contribution is 2.19. The number of hydrogen-bond donors (Lipinski definition) is 0. The Labute approximate surface area is 91.8 Å². The maximum Gasteiger partial charge on any atom is 0.139 e. The molecule has 2 atom stereocenters. The van der Waals surface area contributed by atoms with Gasteiger partial charge in [0.25, 0.3) is 0 Å². The first-order chi connectivity index (χ1) is 7.20. The van der Waals surface area contributed by atoms with E-state index in [0.29, 0.717) is 11.8 Å². The lowest BCUT2D eigenvalue weighted by Gasteiger charge is -2.09. The quantitative estimate of drug-likeness (QED) is 0.649. The third kappa shape index (κ3) is 4.98. The Bertz CT molecular complexity index is 244. The van der Waals surface area contributed by atoms with Gasteiger partial charge in [-0.3, -0.25) is 0 Å². The molecule has 0 amide bonds. The molecule has 0 aromatic carbocycles. The second-order valence-corrected chi connectivity index (χ2v) is 4.14. The van der Waals surface area contributed by atoms with Crippen LogP contribution in [0.25, 0.3) is 0 Å². The van der Waals surface area contributed by atoms with Crippen molar-refractivity contribution in [3.63, 3.8) is 0 Å². The van der Waals surface area contributed by atoms with E-state index in [1.165, 1.54) is 0 Å². The van der Waals surface area contributed by atoms with Crippen LogP contribution in [0.15, 0.2) is 16.8 Å². The molecular formula is C12H20NO2. The minimum atomic E-state index is 0.372. The van der Waals surface area contributed by atoms with E-state index in [1.54, 1.807) is 6.20 Å². The van der Waals surface area contributed by atoms with E-state index in [1.807, 2.05) is 6.07 Å². The van der Waals surface area contributed by atoms with Crippen LogP contribution in [-0.4, -0.2) is 18.4 Å². The molecule has 2 unspecified atom stereocenters. The van der Waals surface area contributed by atoms with E-state index in [4.69, 9.17) is 9.26 Å². The molecule has 0 saturated heterocycles. The van der Waals surface area contributed by atoms with Crippen molar-refractivity contribution in [2.24, 2.45) is 5.92 Å². The molecule has 0 bridgehead atoms. The summed E-state index contributed by atoms with van der Waals surface area (Å²) >= 11 is 0. The number of hydrogen-bond acceptors (Lipinski definition) is 3. The van der Waals surface area contributed by atoms with Crippen molar-refractivity contribution in [3.05, 3.63) is 24.9 Å². The summed E-state index contributed by atoms with van der Waals surface area (Å²) in [4.78, 5) is 0. The minimum Gasteiger partial charge on any atom is -0.381 e. The zero-order valence-corrected chi connectivity index (χ0v) is 9.61. The number of ether oxygens (including phenoxy) is 1. The van der Waals surface area contributed by atoms with E-state index >= 15 is 0 Å². The fourth-order valence-electron chi connectivity index (χ4n) is 1.40. The van der Waals surface area contributed by atoms with Gasteiger partial charge in [-0.25, -0.2) is 0 Å². The van der Waals surface area contributed by atoms with E-state index in [-0.39, 0.29) is 0 Å². The Kier molecular flexibility index (Phi) is 5.40. The van der Waals surface area contributed by atoms with E-state index in [0.717, 1.165) is 31.8 Å². The zero-order valence-electron chi connectivity index (χ0n) is 9.61. The van der Waals surface area contributed by atoms with Gasteiger partial charge in [0, 0.05) is 25.2 Å². The lowest BCUT2D eigenvalue weighted by atomic mass is 10.0. The smallest absolute Gasteiger partial charge is 0.139 e. The predicted molar refractivity (Wildman–Crippen MR) is 59.5 cm³/mol.